The van der Waals surface area contributed by atoms with Gasteiger partial charge in [-0.3, -0.25) is 18.6 Å². The van der Waals surface area contributed by atoms with Gasteiger partial charge >= 0.3 is 19.8 Å². The van der Waals surface area contributed by atoms with E-state index in [0.29, 0.717) is 12.8 Å². The summed E-state index contributed by atoms with van der Waals surface area (Å²) in [6, 6.07) is -1.57. The van der Waals surface area contributed by atoms with Crippen LogP contribution in [0.25, 0.3) is 0 Å². The molecule has 0 aliphatic carbocycles. The summed E-state index contributed by atoms with van der Waals surface area (Å²) in [5, 5.41) is 21.8. The van der Waals surface area contributed by atoms with Gasteiger partial charge in [-0.25, -0.2) is 9.36 Å². The first-order valence-corrected chi connectivity index (χ1v) is 24.4. The quantitative estimate of drug-likeness (QED) is 0.0201. The van der Waals surface area contributed by atoms with E-state index in [4.69, 9.17) is 13.8 Å². The molecule has 0 aromatic rings. The lowest BCUT2D eigenvalue weighted by Crippen LogP contribution is -2.43. The first kappa shape index (κ1) is 58.1. The van der Waals surface area contributed by atoms with Crippen LogP contribution in [0.2, 0.25) is 0 Å². The predicted molar refractivity (Wildman–Crippen MR) is 253 cm³/mol. The Balaban J connectivity index is 3.97. The summed E-state index contributed by atoms with van der Waals surface area (Å²) in [5.41, 5.74) is 0. The smallest absolute Gasteiger partial charge is 0.472 e. The van der Waals surface area contributed by atoms with Gasteiger partial charge in [-0.1, -0.05) is 155 Å². The van der Waals surface area contributed by atoms with Crippen molar-refractivity contribution in [1.29, 1.82) is 0 Å². The molecule has 0 aliphatic rings. The number of nitrogens with one attached hydrogen (secondary N) is 1. The Hall–Kier alpha value is -3.86. The van der Waals surface area contributed by atoms with Gasteiger partial charge in [0.05, 0.1) is 13.2 Å². The molecule has 0 aliphatic heterocycles. The lowest BCUT2D eigenvalue weighted by Gasteiger charge is -2.18. The topological polar surface area (TPSA) is 169 Å². The van der Waals surface area contributed by atoms with Gasteiger partial charge in [-0.2, -0.15) is 0 Å². The zero-order valence-electron chi connectivity index (χ0n) is 37.9. The zero-order chi connectivity index (χ0) is 45.6. The van der Waals surface area contributed by atoms with E-state index in [1.807, 2.05) is 0 Å². The SMILES string of the molecule is CC/C=C\C/C=C\C/C=C\C/C=C\C/C=C\CCCCCCCCCC(=O)NC(COP(=O)(O)OCC(O)COC(=O)CCCC/C=C\C/C=C\C/C=C\C/C=C\CC)C(=O)O. The van der Waals surface area contributed by atoms with Crippen molar-refractivity contribution < 1.29 is 47.8 Å². The number of aliphatic carboxylic acids is 1. The zero-order valence-corrected chi connectivity index (χ0v) is 38.8. The molecule has 62 heavy (non-hydrogen) atoms. The lowest BCUT2D eigenvalue weighted by molar-refractivity contribution is -0.147. The van der Waals surface area contributed by atoms with Crippen molar-refractivity contribution in [3.8, 4) is 0 Å². The fourth-order valence-corrected chi connectivity index (χ4v) is 6.34. The van der Waals surface area contributed by atoms with E-state index >= 15 is 0 Å². The molecule has 1 amide bonds. The maximum absolute atomic E-state index is 12.3. The first-order valence-electron chi connectivity index (χ1n) is 22.9. The number of carbonyl (C=O) groups is 3. The third kappa shape index (κ3) is 42.8. The van der Waals surface area contributed by atoms with Gasteiger partial charge in [0.2, 0.25) is 5.91 Å². The summed E-state index contributed by atoms with van der Waals surface area (Å²) in [6.07, 6.45) is 56.8. The molecule has 0 aromatic carbocycles. The number of hydrogen-bond donors (Lipinski definition) is 4. The molecular formula is C50H80NO10P. The average Bonchev–Trinajstić information content (AvgIpc) is 3.25. The molecule has 0 bridgehead atoms. The number of rotatable bonds is 41. The second-order valence-corrected chi connectivity index (χ2v) is 16.3. The normalized spacial score (nSPS) is 14.6. The Bertz CT molecular complexity index is 1460. The lowest BCUT2D eigenvalue weighted by atomic mass is 10.1. The van der Waals surface area contributed by atoms with Crippen molar-refractivity contribution in [3.63, 3.8) is 0 Å². The van der Waals surface area contributed by atoms with Gasteiger partial charge < -0.3 is 25.2 Å². The second kappa shape index (κ2) is 43.8. The summed E-state index contributed by atoms with van der Waals surface area (Å²) >= 11 is 0. The minimum Gasteiger partial charge on any atom is -0.480 e. The first-order chi connectivity index (χ1) is 30.1. The Morgan fingerprint density at radius 3 is 1.34 bits per heavy atom. The number of esters is 1. The molecule has 0 spiro atoms. The van der Waals surface area contributed by atoms with Gasteiger partial charge in [-0.05, 0) is 96.3 Å². The number of ether oxygens (including phenoxy) is 1. The number of amides is 1. The summed E-state index contributed by atoms with van der Waals surface area (Å²) < 4.78 is 26.8. The Kier molecular flexibility index (Phi) is 41.0. The number of allylic oxidation sites excluding steroid dienone is 18. The molecule has 0 saturated carbocycles. The molecule has 0 radical (unpaired) electrons. The Morgan fingerprint density at radius 1 is 0.516 bits per heavy atom. The fraction of sp³-hybridized carbons (Fsp3) is 0.580. The fourth-order valence-electron chi connectivity index (χ4n) is 5.57. The predicted octanol–water partition coefficient (Wildman–Crippen LogP) is 12.2. The van der Waals surface area contributed by atoms with Crippen LogP contribution >= 0.6 is 7.82 Å². The van der Waals surface area contributed by atoms with E-state index in [1.165, 1.54) is 0 Å². The van der Waals surface area contributed by atoms with Crippen LogP contribution in [0, 0.1) is 0 Å². The number of unbranched alkanes of at least 4 members (excludes halogenated alkanes) is 9. The van der Waals surface area contributed by atoms with Gasteiger partial charge in [0, 0.05) is 12.8 Å². The van der Waals surface area contributed by atoms with Crippen molar-refractivity contribution in [2.24, 2.45) is 0 Å². The molecule has 0 aromatic heterocycles. The van der Waals surface area contributed by atoms with Crippen LogP contribution in [-0.2, 0) is 32.7 Å². The molecule has 12 heteroatoms. The molecule has 350 valence electrons. The summed E-state index contributed by atoms with van der Waals surface area (Å²) in [6.45, 7) is 2.30. The number of carbonyl (C=O) groups excluding carboxylic acids is 2. The van der Waals surface area contributed by atoms with Crippen molar-refractivity contribution in [1.82, 2.24) is 5.32 Å². The van der Waals surface area contributed by atoms with Crippen molar-refractivity contribution in [2.75, 3.05) is 19.8 Å². The number of aliphatic hydroxyl groups is 1. The molecule has 11 nitrogen and oxygen atoms in total. The van der Waals surface area contributed by atoms with Crippen LogP contribution in [-0.4, -0.2) is 64.9 Å². The van der Waals surface area contributed by atoms with Crippen molar-refractivity contribution in [3.05, 3.63) is 109 Å². The number of aliphatic hydroxyl groups excluding tert-OH is 1. The van der Waals surface area contributed by atoms with Crippen LogP contribution in [0.5, 0.6) is 0 Å². The highest BCUT2D eigenvalue weighted by Crippen LogP contribution is 2.43. The van der Waals surface area contributed by atoms with Crippen LogP contribution in [0.1, 0.15) is 155 Å². The number of carboxylic acid groups (broad SMARTS) is 1. The van der Waals surface area contributed by atoms with Crippen molar-refractivity contribution in [2.45, 2.75) is 167 Å². The van der Waals surface area contributed by atoms with Gasteiger partial charge in [0.1, 0.15) is 12.7 Å². The van der Waals surface area contributed by atoms with E-state index in [2.05, 4.69) is 129 Å². The number of carboxylic acids is 1. The number of phosphoric ester groups is 1. The summed E-state index contributed by atoms with van der Waals surface area (Å²) in [7, 11) is -4.78. The van der Waals surface area contributed by atoms with Crippen LogP contribution < -0.4 is 5.32 Å². The van der Waals surface area contributed by atoms with Gasteiger partial charge in [-0.15, -0.1) is 0 Å². The van der Waals surface area contributed by atoms with E-state index in [1.54, 1.807) is 0 Å². The molecule has 3 atom stereocenters. The largest absolute Gasteiger partial charge is 0.480 e. The van der Waals surface area contributed by atoms with Crippen LogP contribution in [0.15, 0.2) is 109 Å². The van der Waals surface area contributed by atoms with Crippen molar-refractivity contribution >= 4 is 25.7 Å². The molecule has 0 saturated heterocycles. The molecule has 0 heterocycles. The number of hydrogen-bond acceptors (Lipinski definition) is 8. The third-order valence-electron chi connectivity index (χ3n) is 9.06. The van der Waals surface area contributed by atoms with Crippen LogP contribution in [0.4, 0.5) is 0 Å². The van der Waals surface area contributed by atoms with E-state index in [0.717, 1.165) is 116 Å². The van der Waals surface area contributed by atoms with E-state index in [-0.39, 0.29) is 12.8 Å². The highest BCUT2D eigenvalue weighted by Gasteiger charge is 2.28. The molecular weight excluding hydrogens is 806 g/mol. The summed E-state index contributed by atoms with van der Waals surface area (Å²) in [4.78, 5) is 46.0. The molecule has 4 N–H and O–H groups in total. The maximum Gasteiger partial charge on any atom is 0.472 e. The van der Waals surface area contributed by atoms with E-state index in [9.17, 15) is 34.1 Å². The highest BCUT2D eigenvalue weighted by atomic mass is 31.2. The minimum atomic E-state index is -4.78. The molecule has 0 rings (SSSR count). The summed E-state index contributed by atoms with van der Waals surface area (Å²) in [5.74, 6) is -2.45. The van der Waals surface area contributed by atoms with Gasteiger partial charge in [0.25, 0.3) is 0 Å². The monoisotopic (exact) mass is 886 g/mol. The Labute approximate surface area is 374 Å². The van der Waals surface area contributed by atoms with Gasteiger partial charge in [0.15, 0.2) is 6.04 Å². The second-order valence-electron chi connectivity index (χ2n) is 14.8. The third-order valence-corrected chi connectivity index (χ3v) is 10.0. The average molecular weight is 886 g/mol. The highest BCUT2D eigenvalue weighted by molar-refractivity contribution is 7.47. The Morgan fingerprint density at radius 2 is 0.887 bits per heavy atom. The molecule has 0 fully saturated rings. The standard InChI is InChI=1S/C50H80NO10P/c1-3-5-7-9-11-13-15-17-19-20-21-22-23-24-25-26-28-29-31-33-35-37-39-41-48(53)51-47(50(55)56)45-61-62(57,58)60-44-46(52)43-59-49(54)42-40-38-36-34-32-30-27-18-16-14-12-10-8-6-4-2/h5-8,11-14,17-19,21-22,24-25,27,32,34,46-47,52H,3-4,9-10,15-16,20,23,26,28-31,33,35-45H2,1-2H3,(H,51,53)(H,55,56)(H,57,58)/b7-5-,8-6-,13-11-,14-12-,19-17-,22-21-,25-24-,27-18-,34-32-. The number of phosphoric acid groups is 1. The minimum absolute atomic E-state index is 0.122. The van der Waals surface area contributed by atoms with E-state index < -0.39 is 57.6 Å². The maximum atomic E-state index is 12.3. The van der Waals surface area contributed by atoms with Crippen LogP contribution in [0.3, 0.4) is 0 Å². The molecule has 3 unspecified atom stereocenters.